The third-order valence-electron chi connectivity index (χ3n) is 14.9. The third kappa shape index (κ3) is 4.21. The lowest BCUT2D eigenvalue weighted by Gasteiger charge is -2.31. The zero-order valence-corrected chi connectivity index (χ0v) is 36.5. The summed E-state index contributed by atoms with van der Waals surface area (Å²) in [5, 5.41) is 10.4. The molecule has 2 nitrogen and oxygen atoms in total. The molecule has 0 saturated heterocycles. The van der Waals surface area contributed by atoms with E-state index in [1.807, 2.05) is 22.7 Å². The SMILES string of the molecule is c1ccc2c(c1)-c1ccccc1C21c2cc(-n3c4ccccc4c4ccc5c6ccccc6sc5c43)ccc2-c2ccc(-n3c4ccccc4c4ccc5c6ccccc6sc5c43)cc21. The van der Waals surface area contributed by atoms with Crippen molar-refractivity contribution < 1.29 is 0 Å². The molecule has 4 heterocycles. The van der Waals surface area contributed by atoms with Crippen molar-refractivity contribution in [2.24, 2.45) is 0 Å². The van der Waals surface area contributed by atoms with E-state index in [4.69, 9.17) is 0 Å². The Labute approximate surface area is 381 Å². The maximum absolute atomic E-state index is 2.56. The predicted molar refractivity (Wildman–Crippen MR) is 277 cm³/mol. The van der Waals surface area contributed by atoms with Gasteiger partial charge in [-0.3, -0.25) is 0 Å². The summed E-state index contributed by atoms with van der Waals surface area (Å²) in [7, 11) is 0. The van der Waals surface area contributed by atoms with Crippen molar-refractivity contribution in [3.8, 4) is 33.6 Å². The van der Waals surface area contributed by atoms with Gasteiger partial charge in [0, 0.05) is 63.9 Å². The number of thiophene rings is 2. The van der Waals surface area contributed by atoms with Crippen LogP contribution in [0.1, 0.15) is 22.3 Å². The fourth-order valence-electron chi connectivity index (χ4n) is 12.4. The average molecular weight is 859 g/mol. The van der Waals surface area contributed by atoms with Crippen LogP contribution in [0.15, 0.2) is 206 Å². The first kappa shape index (κ1) is 34.7. The first-order chi connectivity index (χ1) is 32.3. The van der Waals surface area contributed by atoms with E-state index in [0.717, 1.165) is 0 Å². The van der Waals surface area contributed by atoms with E-state index < -0.39 is 5.41 Å². The largest absolute Gasteiger partial charge is 0.308 e. The molecule has 14 aromatic rings. The number of para-hydroxylation sites is 2. The average Bonchev–Trinajstić information content (AvgIpc) is 4.20. The number of hydrogen-bond donors (Lipinski definition) is 0. The Hall–Kier alpha value is -7.76. The van der Waals surface area contributed by atoms with Crippen LogP contribution < -0.4 is 0 Å². The molecular weight excluding hydrogens is 825 g/mol. The van der Waals surface area contributed by atoms with Crippen molar-refractivity contribution in [3.63, 3.8) is 0 Å². The number of rotatable bonds is 2. The Bertz CT molecular complexity index is 4150. The summed E-state index contributed by atoms with van der Waals surface area (Å²) in [4.78, 5) is 0. The first-order valence-electron chi connectivity index (χ1n) is 22.4. The van der Waals surface area contributed by atoms with E-state index >= 15 is 0 Å². The maximum atomic E-state index is 2.56. The van der Waals surface area contributed by atoms with E-state index in [-0.39, 0.29) is 0 Å². The highest BCUT2D eigenvalue weighted by Gasteiger charge is 2.52. The second kappa shape index (κ2) is 12.3. The highest BCUT2D eigenvalue weighted by atomic mass is 32.1. The number of nitrogens with zero attached hydrogens (tertiary/aromatic N) is 2. The standard InChI is InChI=1S/C61H34N2S2/c1-7-19-49-37(13-1)38-14-2-8-20-50(38)61(49)51-33-35(62-53-21-9-3-15-41(53)45-29-31-47-43-17-5-11-23-55(43)64-59(47)57(45)62)25-27-39(51)40-28-26-36(34-52(40)61)63-54-22-10-4-16-42(54)46-30-32-48-44-18-6-12-24-56(44)65-60(48)58(46)63/h1-34H. The van der Waals surface area contributed by atoms with E-state index in [1.54, 1.807) is 0 Å². The molecule has 0 atom stereocenters. The highest BCUT2D eigenvalue weighted by Crippen LogP contribution is 2.63. The zero-order valence-electron chi connectivity index (χ0n) is 34.8. The molecule has 1 spiro atoms. The lowest BCUT2D eigenvalue weighted by atomic mass is 9.70. The van der Waals surface area contributed by atoms with Crippen molar-refractivity contribution in [2.75, 3.05) is 0 Å². The lowest BCUT2D eigenvalue weighted by Crippen LogP contribution is -2.26. The summed E-state index contributed by atoms with van der Waals surface area (Å²) in [6, 6.07) is 78.2. The van der Waals surface area contributed by atoms with Gasteiger partial charge in [0.15, 0.2) is 0 Å². The monoisotopic (exact) mass is 858 g/mol. The van der Waals surface area contributed by atoms with Gasteiger partial charge in [-0.15, -0.1) is 22.7 Å². The summed E-state index contributed by atoms with van der Waals surface area (Å²) in [5.74, 6) is 0. The molecule has 0 fully saturated rings. The van der Waals surface area contributed by atoms with Gasteiger partial charge < -0.3 is 9.13 Å². The predicted octanol–water partition coefficient (Wildman–Crippen LogP) is 17.0. The minimum absolute atomic E-state index is 0.540. The van der Waals surface area contributed by atoms with Crippen LogP contribution in [0, 0.1) is 0 Å². The van der Waals surface area contributed by atoms with E-state index in [1.165, 1.54) is 140 Å². The Morgan fingerprint density at radius 2 is 0.677 bits per heavy atom. The van der Waals surface area contributed by atoms with Crippen LogP contribution in [0.4, 0.5) is 0 Å². The molecule has 2 aliphatic rings. The molecule has 10 aromatic carbocycles. The fraction of sp³-hybridized carbons (Fsp3) is 0.0164. The van der Waals surface area contributed by atoms with Crippen LogP contribution >= 0.6 is 22.7 Å². The van der Waals surface area contributed by atoms with Gasteiger partial charge in [0.25, 0.3) is 0 Å². The molecule has 65 heavy (non-hydrogen) atoms. The molecule has 0 amide bonds. The Kier molecular flexibility index (Phi) is 6.55. The van der Waals surface area contributed by atoms with E-state index in [0.29, 0.717) is 0 Å². The molecule has 0 aliphatic heterocycles. The van der Waals surface area contributed by atoms with Gasteiger partial charge in [-0.2, -0.15) is 0 Å². The van der Waals surface area contributed by atoms with Crippen molar-refractivity contribution in [3.05, 3.63) is 229 Å². The smallest absolute Gasteiger partial charge is 0.0727 e. The zero-order chi connectivity index (χ0) is 42.1. The van der Waals surface area contributed by atoms with Crippen molar-refractivity contribution >= 4 is 107 Å². The molecule has 0 saturated carbocycles. The number of hydrogen-bond acceptors (Lipinski definition) is 2. The van der Waals surface area contributed by atoms with Gasteiger partial charge in [0.05, 0.1) is 36.9 Å². The minimum Gasteiger partial charge on any atom is -0.308 e. The third-order valence-corrected chi connectivity index (χ3v) is 17.3. The van der Waals surface area contributed by atoms with Gasteiger partial charge >= 0.3 is 0 Å². The normalized spacial score (nSPS) is 13.7. The molecule has 0 bridgehead atoms. The van der Waals surface area contributed by atoms with Crippen molar-refractivity contribution in [2.45, 2.75) is 5.41 Å². The molecule has 300 valence electrons. The van der Waals surface area contributed by atoms with Gasteiger partial charge in [0.2, 0.25) is 0 Å². The van der Waals surface area contributed by atoms with Crippen LogP contribution in [0.3, 0.4) is 0 Å². The van der Waals surface area contributed by atoms with Gasteiger partial charge in [-0.1, -0.05) is 158 Å². The molecule has 0 radical (unpaired) electrons. The van der Waals surface area contributed by atoms with Crippen LogP contribution in [0.25, 0.3) is 118 Å². The van der Waals surface area contributed by atoms with Gasteiger partial charge in [-0.05, 0) is 93.0 Å². The van der Waals surface area contributed by atoms with Crippen molar-refractivity contribution in [1.29, 1.82) is 0 Å². The highest BCUT2D eigenvalue weighted by molar-refractivity contribution is 7.27. The van der Waals surface area contributed by atoms with Crippen LogP contribution in [-0.2, 0) is 5.41 Å². The van der Waals surface area contributed by atoms with Gasteiger partial charge in [-0.25, -0.2) is 0 Å². The molecule has 4 heteroatoms. The molecule has 2 aliphatic carbocycles. The molecule has 4 aromatic heterocycles. The molecular formula is C61H34N2S2. The van der Waals surface area contributed by atoms with E-state index in [2.05, 4.69) is 215 Å². The van der Waals surface area contributed by atoms with E-state index in [9.17, 15) is 0 Å². The lowest BCUT2D eigenvalue weighted by molar-refractivity contribution is 0.791. The molecule has 0 N–H and O–H groups in total. The summed E-state index contributed by atoms with van der Waals surface area (Å²) < 4.78 is 10.4. The van der Waals surface area contributed by atoms with Gasteiger partial charge in [0.1, 0.15) is 0 Å². The summed E-state index contributed by atoms with van der Waals surface area (Å²) in [6.07, 6.45) is 0. The minimum atomic E-state index is -0.540. The maximum Gasteiger partial charge on any atom is 0.0727 e. The second-order valence-electron chi connectivity index (χ2n) is 17.9. The summed E-state index contributed by atoms with van der Waals surface area (Å²) >= 11 is 3.82. The number of fused-ring (bicyclic) bond motifs is 24. The fourth-order valence-corrected chi connectivity index (χ4v) is 14.9. The van der Waals surface area contributed by atoms with Crippen LogP contribution in [0.2, 0.25) is 0 Å². The summed E-state index contributed by atoms with van der Waals surface area (Å²) in [6.45, 7) is 0. The quantitative estimate of drug-likeness (QED) is 0.164. The van der Waals surface area contributed by atoms with Crippen LogP contribution in [-0.4, -0.2) is 9.13 Å². The number of aromatic nitrogens is 2. The second-order valence-corrected chi connectivity index (χ2v) is 20.0. The van der Waals surface area contributed by atoms with Crippen LogP contribution in [0.5, 0.6) is 0 Å². The first-order valence-corrected chi connectivity index (χ1v) is 24.1. The molecule has 16 rings (SSSR count). The Morgan fingerprint density at radius 1 is 0.292 bits per heavy atom. The van der Waals surface area contributed by atoms with Crippen molar-refractivity contribution in [1.82, 2.24) is 9.13 Å². The number of benzene rings is 10. The summed E-state index contributed by atoms with van der Waals surface area (Å²) in [5.41, 5.74) is 17.4. The Morgan fingerprint density at radius 3 is 1.17 bits per heavy atom. The molecule has 0 unspecified atom stereocenters. The Balaban J connectivity index is 1.02. The topological polar surface area (TPSA) is 9.86 Å².